The molecule has 1 aromatic carbocycles. The van der Waals surface area contributed by atoms with Crippen molar-refractivity contribution in [2.24, 2.45) is 0 Å². The lowest BCUT2D eigenvalue weighted by Gasteiger charge is -2.11. The molecule has 1 unspecified atom stereocenters. The van der Waals surface area contributed by atoms with Gasteiger partial charge in [0, 0.05) is 0 Å². The molecule has 0 saturated heterocycles. The summed E-state index contributed by atoms with van der Waals surface area (Å²) in [4.78, 5) is 0. The average molecular weight is 320 g/mol. The predicted molar refractivity (Wildman–Crippen MR) is 88.9 cm³/mol. The molecule has 1 N–H and O–H groups in total. The standard InChI is InChI=1S/C16H16N8/c1-11(14-10-23(22-19-14)13-6-4-3-5-7-13)17-15-8-9-16-20-18-12(2)24(16)21-15/h3-11H,1-2H3,(H,17,21). The van der Waals surface area contributed by atoms with Crippen LogP contribution in [0.3, 0.4) is 0 Å². The number of aryl methyl sites for hydroxylation is 1. The van der Waals surface area contributed by atoms with E-state index in [1.165, 1.54) is 0 Å². The molecule has 0 aliphatic heterocycles. The number of anilines is 1. The number of hydrogen-bond donors (Lipinski definition) is 1. The lowest BCUT2D eigenvalue weighted by atomic mass is 10.2. The van der Waals surface area contributed by atoms with E-state index in [2.05, 4.69) is 30.9 Å². The first-order valence-corrected chi connectivity index (χ1v) is 7.64. The molecule has 120 valence electrons. The number of aromatic nitrogens is 7. The molecule has 0 aliphatic rings. The summed E-state index contributed by atoms with van der Waals surface area (Å²) in [5.74, 6) is 1.48. The Labute approximate surface area is 138 Å². The highest BCUT2D eigenvalue weighted by Gasteiger charge is 2.12. The number of para-hydroxylation sites is 1. The van der Waals surface area contributed by atoms with Crippen LogP contribution in [-0.4, -0.2) is 34.8 Å². The van der Waals surface area contributed by atoms with E-state index in [9.17, 15) is 0 Å². The molecule has 24 heavy (non-hydrogen) atoms. The number of rotatable bonds is 4. The van der Waals surface area contributed by atoms with Crippen LogP contribution in [0.15, 0.2) is 48.7 Å². The quantitative estimate of drug-likeness (QED) is 0.620. The van der Waals surface area contributed by atoms with E-state index in [1.54, 1.807) is 9.20 Å². The van der Waals surface area contributed by atoms with Gasteiger partial charge in [-0.2, -0.15) is 4.52 Å². The first-order valence-electron chi connectivity index (χ1n) is 7.64. The van der Waals surface area contributed by atoms with Gasteiger partial charge >= 0.3 is 0 Å². The molecule has 8 heteroatoms. The Balaban J connectivity index is 1.56. The Hall–Kier alpha value is -3.29. The van der Waals surface area contributed by atoms with Gasteiger partial charge in [0.1, 0.15) is 11.5 Å². The average Bonchev–Trinajstić information content (AvgIpc) is 3.24. The normalized spacial score (nSPS) is 12.4. The largest absolute Gasteiger partial charge is 0.360 e. The molecule has 0 aliphatic carbocycles. The predicted octanol–water partition coefficient (Wildman–Crippen LogP) is 2.19. The van der Waals surface area contributed by atoms with Crippen LogP contribution < -0.4 is 5.32 Å². The highest BCUT2D eigenvalue weighted by Crippen LogP contribution is 2.17. The Morgan fingerprint density at radius 2 is 1.83 bits per heavy atom. The third-order valence-electron chi connectivity index (χ3n) is 3.76. The molecular weight excluding hydrogens is 304 g/mol. The van der Waals surface area contributed by atoms with Gasteiger partial charge in [-0.3, -0.25) is 0 Å². The molecule has 0 amide bonds. The molecule has 1 atom stereocenters. The Morgan fingerprint density at radius 3 is 2.67 bits per heavy atom. The highest BCUT2D eigenvalue weighted by molar-refractivity contribution is 5.44. The molecular formula is C16H16N8. The van der Waals surface area contributed by atoms with Crippen molar-refractivity contribution in [3.05, 3.63) is 60.2 Å². The maximum Gasteiger partial charge on any atom is 0.178 e. The monoisotopic (exact) mass is 320 g/mol. The minimum atomic E-state index is -0.0378. The van der Waals surface area contributed by atoms with Crippen LogP contribution >= 0.6 is 0 Å². The van der Waals surface area contributed by atoms with Gasteiger partial charge in [-0.15, -0.1) is 20.4 Å². The van der Waals surface area contributed by atoms with Crippen molar-refractivity contribution in [2.75, 3.05) is 5.32 Å². The molecule has 0 bridgehead atoms. The second kappa shape index (κ2) is 5.73. The first-order chi connectivity index (χ1) is 11.7. The van der Waals surface area contributed by atoms with Gasteiger partial charge < -0.3 is 5.32 Å². The van der Waals surface area contributed by atoms with E-state index in [4.69, 9.17) is 0 Å². The summed E-state index contributed by atoms with van der Waals surface area (Å²) in [5.41, 5.74) is 2.53. The molecule has 8 nitrogen and oxygen atoms in total. The maximum absolute atomic E-state index is 4.49. The van der Waals surface area contributed by atoms with E-state index in [1.807, 2.05) is 62.5 Å². The smallest absolute Gasteiger partial charge is 0.178 e. The maximum atomic E-state index is 4.49. The van der Waals surface area contributed by atoms with Crippen molar-refractivity contribution >= 4 is 11.5 Å². The minimum Gasteiger partial charge on any atom is -0.360 e. The Morgan fingerprint density at radius 1 is 1.00 bits per heavy atom. The van der Waals surface area contributed by atoms with Gasteiger partial charge in [-0.25, -0.2) is 4.68 Å². The molecule has 0 spiro atoms. The van der Waals surface area contributed by atoms with Crippen LogP contribution in [0.2, 0.25) is 0 Å². The van der Waals surface area contributed by atoms with Crippen molar-refractivity contribution in [2.45, 2.75) is 19.9 Å². The van der Waals surface area contributed by atoms with Crippen molar-refractivity contribution in [1.82, 2.24) is 34.8 Å². The molecule has 0 fully saturated rings. The molecule has 3 heterocycles. The highest BCUT2D eigenvalue weighted by atomic mass is 15.4. The van der Waals surface area contributed by atoms with E-state index >= 15 is 0 Å². The summed E-state index contributed by atoms with van der Waals surface area (Å²) in [6, 6.07) is 13.6. The number of nitrogens with one attached hydrogen (secondary N) is 1. The summed E-state index contributed by atoms with van der Waals surface area (Å²) in [6.45, 7) is 3.88. The van der Waals surface area contributed by atoms with E-state index in [0.717, 1.165) is 28.7 Å². The van der Waals surface area contributed by atoms with Crippen molar-refractivity contribution < 1.29 is 0 Å². The summed E-state index contributed by atoms with van der Waals surface area (Å²) >= 11 is 0. The fourth-order valence-electron chi connectivity index (χ4n) is 2.45. The van der Waals surface area contributed by atoms with Crippen LogP contribution in [0.1, 0.15) is 24.5 Å². The second-order valence-electron chi connectivity index (χ2n) is 5.53. The van der Waals surface area contributed by atoms with Gasteiger partial charge in [0.2, 0.25) is 0 Å². The first kappa shape index (κ1) is 14.3. The molecule has 0 radical (unpaired) electrons. The van der Waals surface area contributed by atoms with Crippen molar-refractivity contribution in [3.8, 4) is 5.69 Å². The van der Waals surface area contributed by atoms with Crippen molar-refractivity contribution in [1.29, 1.82) is 0 Å². The topological polar surface area (TPSA) is 85.8 Å². The van der Waals surface area contributed by atoms with Gasteiger partial charge in [0.05, 0.1) is 17.9 Å². The molecule has 4 aromatic rings. The number of fused-ring (bicyclic) bond motifs is 1. The van der Waals surface area contributed by atoms with Gasteiger partial charge in [0.15, 0.2) is 11.5 Å². The lowest BCUT2D eigenvalue weighted by molar-refractivity contribution is 0.774. The molecule has 3 aromatic heterocycles. The summed E-state index contributed by atoms with van der Waals surface area (Å²) < 4.78 is 3.46. The fourth-order valence-corrected chi connectivity index (χ4v) is 2.45. The summed E-state index contributed by atoms with van der Waals surface area (Å²) in [7, 11) is 0. The van der Waals surface area contributed by atoms with Gasteiger partial charge in [-0.05, 0) is 38.1 Å². The van der Waals surface area contributed by atoms with Crippen molar-refractivity contribution in [3.63, 3.8) is 0 Å². The van der Waals surface area contributed by atoms with Gasteiger partial charge in [-0.1, -0.05) is 23.4 Å². The Bertz CT molecular complexity index is 972. The molecule has 4 rings (SSSR count). The minimum absolute atomic E-state index is 0.0378. The van der Waals surface area contributed by atoms with E-state index in [0.29, 0.717) is 0 Å². The number of benzene rings is 1. The number of hydrogen-bond acceptors (Lipinski definition) is 6. The third kappa shape index (κ3) is 2.58. The van der Waals surface area contributed by atoms with Crippen LogP contribution in [0, 0.1) is 6.92 Å². The summed E-state index contributed by atoms with van der Waals surface area (Å²) in [6.07, 6.45) is 1.91. The number of nitrogens with zero attached hydrogens (tertiary/aromatic N) is 7. The van der Waals surface area contributed by atoms with Crippen LogP contribution in [-0.2, 0) is 0 Å². The third-order valence-corrected chi connectivity index (χ3v) is 3.76. The molecule has 0 saturated carbocycles. The van der Waals surface area contributed by atoms with Crippen LogP contribution in [0.4, 0.5) is 5.82 Å². The Kier molecular flexibility index (Phi) is 3.42. The van der Waals surface area contributed by atoms with Crippen LogP contribution in [0.5, 0.6) is 0 Å². The zero-order chi connectivity index (χ0) is 16.5. The van der Waals surface area contributed by atoms with E-state index < -0.39 is 0 Å². The van der Waals surface area contributed by atoms with Gasteiger partial charge in [0.25, 0.3) is 0 Å². The zero-order valence-electron chi connectivity index (χ0n) is 13.3. The van der Waals surface area contributed by atoms with E-state index in [-0.39, 0.29) is 6.04 Å². The van der Waals surface area contributed by atoms with Crippen LogP contribution in [0.25, 0.3) is 11.3 Å². The SMILES string of the molecule is Cc1nnc2ccc(NC(C)c3cn(-c4ccccc4)nn3)nn12. The zero-order valence-corrected chi connectivity index (χ0v) is 13.3. The second-order valence-corrected chi connectivity index (χ2v) is 5.53. The lowest BCUT2D eigenvalue weighted by Crippen LogP contribution is -2.10. The summed E-state index contributed by atoms with van der Waals surface area (Å²) in [5, 5.41) is 24.3. The fraction of sp³-hybridized carbons (Fsp3) is 0.188.